The van der Waals surface area contributed by atoms with Crippen molar-refractivity contribution in [2.75, 3.05) is 26.3 Å². The summed E-state index contributed by atoms with van der Waals surface area (Å²) in [6.07, 6.45) is 3.29. The molecule has 1 amide bonds. The number of ether oxygens (including phenoxy) is 2. The Labute approximate surface area is 144 Å². The minimum atomic E-state index is -0.273. The molecule has 5 heteroatoms. The summed E-state index contributed by atoms with van der Waals surface area (Å²) < 4.78 is 10.5. The highest BCUT2D eigenvalue weighted by atomic mass is 16.5. The van der Waals surface area contributed by atoms with Crippen molar-refractivity contribution in [1.29, 1.82) is 0 Å². The van der Waals surface area contributed by atoms with Gasteiger partial charge >= 0.3 is 5.97 Å². The van der Waals surface area contributed by atoms with Crippen LogP contribution >= 0.6 is 0 Å². The van der Waals surface area contributed by atoms with Crippen LogP contribution in [0, 0.1) is 6.92 Å². The maximum atomic E-state index is 12.4. The van der Waals surface area contributed by atoms with Crippen LogP contribution in [0.1, 0.15) is 45.1 Å². The predicted octanol–water partition coefficient (Wildman–Crippen LogP) is 3.35. The molecule has 0 aliphatic rings. The molecule has 0 atom stereocenters. The summed E-state index contributed by atoms with van der Waals surface area (Å²) in [5.41, 5.74) is 1.14. The molecule has 1 aromatic carbocycles. The number of amides is 1. The Morgan fingerprint density at radius 1 is 1.04 bits per heavy atom. The van der Waals surface area contributed by atoms with Gasteiger partial charge in [-0.3, -0.25) is 9.59 Å². The Kier molecular flexibility index (Phi) is 9.58. The first-order valence-corrected chi connectivity index (χ1v) is 8.69. The average Bonchev–Trinajstić information content (AvgIpc) is 2.57. The minimum absolute atomic E-state index is 0.0159. The Bertz CT molecular complexity index is 499. The fourth-order valence-electron chi connectivity index (χ4n) is 2.24. The highest BCUT2D eigenvalue weighted by Crippen LogP contribution is 2.11. The highest BCUT2D eigenvalue weighted by molar-refractivity contribution is 5.78. The summed E-state index contributed by atoms with van der Waals surface area (Å²) in [6.45, 7) is 7.25. The van der Waals surface area contributed by atoms with Crippen LogP contribution in [0.3, 0.4) is 0 Å². The average molecular weight is 335 g/mol. The number of hydrogen-bond acceptors (Lipinski definition) is 4. The number of hydrogen-bond donors (Lipinski definition) is 0. The molecule has 0 aliphatic heterocycles. The molecule has 1 rings (SSSR count). The molecule has 0 bridgehead atoms. The number of carbonyl (C=O) groups is 2. The summed E-state index contributed by atoms with van der Waals surface area (Å²) in [5.74, 6) is 0.300. The maximum Gasteiger partial charge on any atom is 0.307 e. The fraction of sp³-hybridized carbons (Fsp3) is 0.579. The Morgan fingerprint density at radius 3 is 2.38 bits per heavy atom. The van der Waals surface area contributed by atoms with Crippen molar-refractivity contribution in [2.45, 2.75) is 46.5 Å². The smallest absolute Gasteiger partial charge is 0.307 e. The molecule has 0 saturated heterocycles. The fourth-order valence-corrected chi connectivity index (χ4v) is 2.24. The van der Waals surface area contributed by atoms with Gasteiger partial charge in [0.2, 0.25) is 0 Å². The summed E-state index contributed by atoms with van der Waals surface area (Å²) in [4.78, 5) is 25.6. The molecule has 0 heterocycles. The number of carbonyl (C=O) groups excluding carboxylic acids is 2. The van der Waals surface area contributed by atoms with E-state index in [4.69, 9.17) is 9.47 Å². The van der Waals surface area contributed by atoms with Gasteiger partial charge in [-0.25, -0.2) is 0 Å². The number of esters is 1. The summed E-state index contributed by atoms with van der Waals surface area (Å²) in [6, 6.07) is 7.59. The van der Waals surface area contributed by atoms with Crippen LogP contribution in [0.25, 0.3) is 0 Å². The van der Waals surface area contributed by atoms with E-state index in [1.54, 1.807) is 11.8 Å². The van der Waals surface area contributed by atoms with Gasteiger partial charge in [0.15, 0.2) is 6.61 Å². The quantitative estimate of drug-likeness (QED) is 0.460. The van der Waals surface area contributed by atoms with Crippen molar-refractivity contribution in [3.05, 3.63) is 29.8 Å². The molecule has 0 spiro atoms. The Hall–Kier alpha value is -2.04. The first kappa shape index (κ1) is 20.0. The van der Waals surface area contributed by atoms with Crippen LogP contribution < -0.4 is 4.74 Å². The van der Waals surface area contributed by atoms with Gasteiger partial charge in [0.05, 0.1) is 13.0 Å². The topological polar surface area (TPSA) is 55.8 Å². The van der Waals surface area contributed by atoms with Gasteiger partial charge in [-0.1, -0.05) is 37.5 Å². The van der Waals surface area contributed by atoms with Crippen LogP contribution in [0.15, 0.2) is 24.3 Å². The summed E-state index contributed by atoms with van der Waals surface area (Å²) >= 11 is 0. The van der Waals surface area contributed by atoms with Crippen molar-refractivity contribution in [3.63, 3.8) is 0 Å². The first-order chi connectivity index (χ1) is 11.6. The van der Waals surface area contributed by atoms with Crippen molar-refractivity contribution >= 4 is 11.9 Å². The highest BCUT2D eigenvalue weighted by Gasteiger charge is 2.16. The number of rotatable bonds is 11. The predicted molar refractivity (Wildman–Crippen MR) is 94.0 cm³/mol. The van der Waals surface area contributed by atoms with Gasteiger partial charge in [0.25, 0.3) is 5.91 Å². The van der Waals surface area contributed by atoms with Gasteiger partial charge in [0.1, 0.15) is 5.75 Å². The number of nitrogens with zero attached hydrogens (tertiary/aromatic N) is 1. The lowest BCUT2D eigenvalue weighted by Crippen LogP contribution is -2.37. The zero-order valence-corrected chi connectivity index (χ0v) is 15.0. The molecule has 134 valence electrons. The van der Waals surface area contributed by atoms with Crippen molar-refractivity contribution in [2.24, 2.45) is 0 Å². The molecule has 0 aliphatic carbocycles. The molecule has 0 N–H and O–H groups in total. The molecular formula is C19H29NO4. The SMILES string of the molecule is CCCCCN(CCC(=O)OCC)C(=O)COc1ccc(C)cc1. The third-order valence-electron chi connectivity index (χ3n) is 3.66. The second kappa shape index (κ2) is 11.5. The zero-order valence-electron chi connectivity index (χ0n) is 15.0. The van der Waals surface area contributed by atoms with E-state index < -0.39 is 0 Å². The van der Waals surface area contributed by atoms with Gasteiger partial charge < -0.3 is 14.4 Å². The van der Waals surface area contributed by atoms with E-state index in [1.165, 1.54) is 0 Å². The third-order valence-corrected chi connectivity index (χ3v) is 3.66. The van der Waals surface area contributed by atoms with Crippen LogP contribution in [-0.2, 0) is 14.3 Å². The van der Waals surface area contributed by atoms with Crippen LogP contribution in [-0.4, -0.2) is 43.1 Å². The van der Waals surface area contributed by atoms with E-state index in [0.717, 1.165) is 24.8 Å². The second-order valence-electron chi connectivity index (χ2n) is 5.74. The number of aryl methyl sites for hydroxylation is 1. The Morgan fingerprint density at radius 2 is 1.75 bits per heavy atom. The minimum Gasteiger partial charge on any atom is -0.484 e. The largest absolute Gasteiger partial charge is 0.484 e. The van der Waals surface area contributed by atoms with Gasteiger partial charge in [-0.15, -0.1) is 0 Å². The van der Waals surface area contributed by atoms with Crippen LogP contribution in [0.4, 0.5) is 0 Å². The second-order valence-corrected chi connectivity index (χ2v) is 5.74. The summed E-state index contributed by atoms with van der Waals surface area (Å²) in [7, 11) is 0. The molecule has 0 fully saturated rings. The van der Waals surface area contributed by atoms with E-state index >= 15 is 0 Å². The lowest BCUT2D eigenvalue weighted by molar-refractivity contribution is -0.144. The number of benzene rings is 1. The van der Waals surface area contributed by atoms with E-state index in [2.05, 4.69) is 6.92 Å². The van der Waals surface area contributed by atoms with Crippen molar-refractivity contribution in [3.8, 4) is 5.75 Å². The first-order valence-electron chi connectivity index (χ1n) is 8.69. The summed E-state index contributed by atoms with van der Waals surface area (Å²) in [5, 5.41) is 0. The van der Waals surface area contributed by atoms with Gasteiger partial charge in [-0.2, -0.15) is 0 Å². The molecule has 0 saturated carbocycles. The normalized spacial score (nSPS) is 10.3. The molecule has 1 aromatic rings. The monoisotopic (exact) mass is 335 g/mol. The van der Waals surface area contributed by atoms with E-state index in [-0.39, 0.29) is 24.9 Å². The van der Waals surface area contributed by atoms with Crippen molar-refractivity contribution in [1.82, 2.24) is 4.90 Å². The standard InChI is InChI=1S/C19H29NO4/c1-4-6-7-13-20(14-12-19(22)23-5-2)18(21)15-24-17-10-8-16(3)9-11-17/h8-11H,4-7,12-15H2,1-3H3. The van der Waals surface area contributed by atoms with Crippen LogP contribution in [0.5, 0.6) is 5.75 Å². The van der Waals surface area contributed by atoms with Gasteiger partial charge in [-0.05, 0) is 32.4 Å². The Balaban J connectivity index is 2.51. The lowest BCUT2D eigenvalue weighted by atomic mass is 10.2. The van der Waals surface area contributed by atoms with Crippen molar-refractivity contribution < 1.29 is 19.1 Å². The molecule has 24 heavy (non-hydrogen) atoms. The molecule has 0 aromatic heterocycles. The number of unbranched alkanes of at least 4 members (excludes halogenated alkanes) is 2. The van der Waals surface area contributed by atoms with Crippen LogP contribution in [0.2, 0.25) is 0 Å². The van der Waals surface area contributed by atoms with E-state index in [0.29, 0.717) is 25.4 Å². The van der Waals surface area contributed by atoms with Gasteiger partial charge in [0, 0.05) is 13.1 Å². The zero-order chi connectivity index (χ0) is 17.8. The van der Waals surface area contributed by atoms with E-state index in [9.17, 15) is 9.59 Å². The third kappa shape index (κ3) is 7.99. The lowest BCUT2D eigenvalue weighted by Gasteiger charge is -2.22. The maximum absolute atomic E-state index is 12.4. The molecular weight excluding hydrogens is 306 g/mol. The molecule has 0 radical (unpaired) electrons. The molecule has 5 nitrogen and oxygen atoms in total. The van der Waals surface area contributed by atoms with E-state index in [1.807, 2.05) is 31.2 Å². The molecule has 0 unspecified atom stereocenters.